The molecule has 0 saturated carbocycles. The fraction of sp³-hybridized carbons (Fsp3) is 0.538. The van der Waals surface area contributed by atoms with Crippen LogP contribution in [-0.4, -0.2) is 28.4 Å². The smallest absolute Gasteiger partial charge is 0.254 e. The first-order valence-corrected chi connectivity index (χ1v) is 6.37. The molecular weight excluding hydrogens is 228 g/mol. The number of anilines is 1. The van der Waals surface area contributed by atoms with E-state index >= 15 is 0 Å². The molecule has 0 aliphatic carbocycles. The molecule has 5 nitrogen and oxygen atoms in total. The SMILES string of the molecule is CC1CCCN(C(=O)c2ccnc(NN)c2)C1C. The molecule has 2 rings (SSSR count). The van der Waals surface area contributed by atoms with Crippen molar-refractivity contribution < 1.29 is 4.79 Å². The predicted octanol–water partition coefficient (Wildman–Crippen LogP) is 1.63. The van der Waals surface area contributed by atoms with E-state index < -0.39 is 0 Å². The highest BCUT2D eigenvalue weighted by Gasteiger charge is 2.28. The van der Waals surface area contributed by atoms with E-state index in [1.807, 2.05) is 4.90 Å². The maximum atomic E-state index is 12.5. The molecular formula is C13H20N4O. The van der Waals surface area contributed by atoms with Gasteiger partial charge in [0.15, 0.2) is 0 Å². The van der Waals surface area contributed by atoms with Gasteiger partial charge in [0.25, 0.3) is 5.91 Å². The molecule has 1 aliphatic heterocycles. The second kappa shape index (κ2) is 5.35. The standard InChI is InChI=1S/C13H20N4O/c1-9-4-3-7-17(10(9)2)13(18)11-5-6-15-12(8-11)16-14/h5-6,8-10H,3-4,7,14H2,1-2H3,(H,15,16). The van der Waals surface area contributed by atoms with Crippen molar-refractivity contribution in [3.05, 3.63) is 23.9 Å². The lowest BCUT2D eigenvalue weighted by molar-refractivity contribution is 0.0551. The summed E-state index contributed by atoms with van der Waals surface area (Å²) in [4.78, 5) is 18.4. The van der Waals surface area contributed by atoms with Crippen molar-refractivity contribution >= 4 is 11.7 Å². The third kappa shape index (κ3) is 2.46. The number of nitrogens with two attached hydrogens (primary N) is 1. The highest BCUT2D eigenvalue weighted by Crippen LogP contribution is 2.24. The molecule has 1 aliphatic rings. The van der Waals surface area contributed by atoms with Gasteiger partial charge in [0, 0.05) is 24.3 Å². The minimum atomic E-state index is 0.0629. The van der Waals surface area contributed by atoms with Gasteiger partial charge in [-0.1, -0.05) is 6.92 Å². The molecule has 5 heteroatoms. The number of piperidine rings is 1. The number of nitrogens with one attached hydrogen (secondary N) is 1. The number of rotatable bonds is 2. The zero-order valence-corrected chi connectivity index (χ0v) is 10.9. The maximum Gasteiger partial charge on any atom is 0.254 e. The third-order valence-corrected chi connectivity index (χ3v) is 3.79. The number of carbonyl (C=O) groups excluding carboxylic acids is 1. The van der Waals surface area contributed by atoms with Crippen LogP contribution in [-0.2, 0) is 0 Å². The fourth-order valence-corrected chi connectivity index (χ4v) is 2.43. The van der Waals surface area contributed by atoms with E-state index in [1.54, 1.807) is 18.3 Å². The summed E-state index contributed by atoms with van der Waals surface area (Å²) >= 11 is 0. The van der Waals surface area contributed by atoms with E-state index in [-0.39, 0.29) is 11.9 Å². The Morgan fingerprint density at radius 3 is 3.06 bits per heavy atom. The van der Waals surface area contributed by atoms with Crippen LogP contribution in [0.5, 0.6) is 0 Å². The molecule has 1 saturated heterocycles. The van der Waals surface area contributed by atoms with Gasteiger partial charge in [-0.05, 0) is 37.8 Å². The van der Waals surface area contributed by atoms with Crippen LogP contribution >= 0.6 is 0 Å². The van der Waals surface area contributed by atoms with E-state index in [9.17, 15) is 4.79 Å². The van der Waals surface area contributed by atoms with Crippen LogP contribution in [0.3, 0.4) is 0 Å². The zero-order chi connectivity index (χ0) is 13.1. The number of carbonyl (C=O) groups is 1. The summed E-state index contributed by atoms with van der Waals surface area (Å²) in [6.07, 6.45) is 3.86. The van der Waals surface area contributed by atoms with Gasteiger partial charge < -0.3 is 10.3 Å². The number of likely N-dealkylation sites (tertiary alicyclic amines) is 1. The van der Waals surface area contributed by atoms with E-state index in [1.165, 1.54) is 6.42 Å². The highest BCUT2D eigenvalue weighted by molar-refractivity contribution is 5.95. The van der Waals surface area contributed by atoms with E-state index in [4.69, 9.17) is 5.84 Å². The molecule has 0 radical (unpaired) electrons. The lowest BCUT2D eigenvalue weighted by Gasteiger charge is -2.38. The molecule has 2 heterocycles. The van der Waals surface area contributed by atoms with E-state index in [2.05, 4.69) is 24.3 Å². The molecule has 1 fully saturated rings. The molecule has 98 valence electrons. The molecule has 1 amide bonds. The van der Waals surface area contributed by atoms with Crippen molar-refractivity contribution in [2.24, 2.45) is 11.8 Å². The van der Waals surface area contributed by atoms with Gasteiger partial charge in [-0.2, -0.15) is 0 Å². The summed E-state index contributed by atoms with van der Waals surface area (Å²) in [5.41, 5.74) is 3.10. The predicted molar refractivity (Wildman–Crippen MR) is 70.9 cm³/mol. The highest BCUT2D eigenvalue weighted by atomic mass is 16.2. The molecule has 3 N–H and O–H groups in total. The number of hydrogen-bond acceptors (Lipinski definition) is 4. The van der Waals surface area contributed by atoms with Crippen LogP contribution in [0.1, 0.15) is 37.0 Å². The summed E-state index contributed by atoms with van der Waals surface area (Å²) in [6, 6.07) is 3.71. The largest absolute Gasteiger partial charge is 0.336 e. The molecule has 18 heavy (non-hydrogen) atoms. The molecule has 2 unspecified atom stereocenters. The van der Waals surface area contributed by atoms with Gasteiger partial charge >= 0.3 is 0 Å². The summed E-state index contributed by atoms with van der Waals surface area (Å²) in [5, 5.41) is 0. The minimum absolute atomic E-state index is 0.0629. The van der Waals surface area contributed by atoms with Crippen molar-refractivity contribution in [3.63, 3.8) is 0 Å². The lowest BCUT2D eigenvalue weighted by Crippen LogP contribution is -2.46. The molecule has 1 aromatic rings. The van der Waals surface area contributed by atoms with E-state index in [0.717, 1.165) is 13.0 Å². The van der Waals surface area contributed by atoms with Gasteiger partial charge in [-0.25, -0.2) is 10.8 Å². The van der Waals surface area contributed by atoms with Crippen LogP contribution < -0.4 is 11.3 Å². The molecule has 0 spiro atoms. The van der Waals surface area contributed by atoms with Crippen molar-refractivity contribution in [1.29, 1.82) is 0 Å². The summed E-state index contributed by atoms with van der Waals surface area (Å²) in [5.74, 6) is 6.44. The van der Waals surface area contributed by atoms with Crippen LogP contribution in [0.4, 0.5) is 5.82 Å². The average molecular weight is 248 g/mol. The first-order chi connectivity index (χ1) is 8.63. The lowest BCUT2D eigenvalue weighted by atomic mass is 9.91. The normalized spacial score (nSPS) is 23.8. The quantitative estimate of drug-likeness (QED) is 0.616. The molecule has 0 bridgehead atoms. The minimum Gasteiger partial charge on any atom is -0.336 e. The number of nitrogens with zero attached hydrogens (tertiary/aromatic N) is 2. The Morgan fingerprint density at radius 1 is 1.56 bits per heavy atom. The van der Waals surface area contributed by atoms with Gasteiger partial charge in [-0.3, -0.25) is 4.79 Å². The Bertz CT molecular complexity index is 435. The first kappa shape index (κ1) is 12.8. The second-order valence-corrected chi connectivity index (χ2v) is 4.93. The van der Waals surface area contributed by atoms with Crippen LogP contribution in [0, 0.1) is 5.92 Å². The monoisotopic (exact) mass is 248 g/mol. The maximum absolute atomic E-state index is 12.5. The van der Waals surface area contributed by atoms with E-state index in [0.29, 0.717) is 17.3 Å². The Kier molecular flexibility index (Phi) is 3.81. The first-order valence-electron chi connectivity index (χ1n) is 6.37. The Balaban J connectivity index is 2.19. The Morgan fingerprint density at radius 2 is 2.33 bits per heavy atom. The van der Waals surface area contributed by atoms with Crippen molar-refractivity contribution in [2.75, 3.05) is 12.0 Å². The summed E-state index contributed by atoms with van der Waals surface area (Å²) < 4.78 is 0. The Labute approximate surface area is 107 Å². The van der Waals surface area contributed by atoms with Gasteiger partial charge in [0.2, 0.25) is 0 Å². The number of amides is 1. The van der Waals surface area contributed by atoms with Gasteiger partial charge in [0.05, 0.1) is 0 Å². The number of hydrazine groups is 1. The molecule has 2 atom stereocenters. The van der Waals surface area contributed by atoms with Gasteiger partial charge in [-0.15, -0.1) is 0 Å². The third-order valence-electron chi connectivity index (χ3n) is 3.79. The van der Waals surface area contributed by atoms with Crippen molar-refractivity contribution in [1.82, 2.24) is 9.88 Å². The second-order valence-electron chi connectivity index (χ2n) is 4.93. The number of hydrogen-bond donors (Lipinski definition) is 2. The van der Waals surface area contributed by atoms with Crippen LogP contribution in [0.15, 0.2) is 18.3 Å². The summed E-state index contributed by atoms with van der Waals surface area (Å²) in [7, 11) is 0. The topological polar surface area (TPSA) is 71.2 Å². The number of aromatic nitrogens is 1. The zero-order valence-electron chi connectivity index (χ0n) is 10.9. The van der Waals surface area contributed by atoms with Crippen molar-refractivity contribution in [2.45, 2.75) is 32.7 Å². The van der Waals surface area contributed by atoms with Gasteiger partial charge in [0.1, 0.15) is 5.82 Å². The Hall–Kier alpha value is -1.62. The van der Waals surface area contributed by atoms with Crippen LogP contribution in [0.25, 0.3) is 0 Å². The fourth-order valence-electron chi connectivity index (χ4n) is 2.43. The number of nitrogen functional groups attached to an aromatic ring is 1. The molecule has 1 aromatic heterocycles. The van der Waals surface area contributed by atoms with Crippen LogP contribution in [0.2, 0.25) is 0 Å². The molecule has 0 aromatic carbocycles. The van der Waals surface area contributed by atoms with Crippen molar-refractivity contribution in [3.8, 4) is 0 Å². The number of pyridine rings is 1. The average Bonchev–Trinajstić information content (AvgIpc) is 2.41. The summed E-state index contributed by atoms with van der Waals surface area (Å²) in [6.45, 7) is 5.15.